The molecular weight excluding hydrogens is 146 g/mol. The highest BCUT2D eigenvalue weighted by atomic mass is 16.5. The number of cyclic esters (lactones) is 1. The zero-order chi connectivity index (χ0) is 8.10. The number of rotatable bonds is 3. The standard InChI is InChI=1S/C7H11NO3/c9-7-5-6(1-3-8-10)2-4-11-7/h6H,1-5H2. The molecule has 4 heteroatoms. The van der Waals surface area contributed by atoms with E-state index in [0.717, 1.165) is 12.8 Å². The van der Waals surface area contributed by atoms with Crippen molar-refractivity contribution in [3.05, 3.63) is 4.91 Å². The quantitative estimate of drug-likeness (QED) is 0.455. The van der Waals surface area contributed by atoms with E-state index < -0.39 is 0 Å². The molecule has 0 aromatic carbocycles. The number of ether oxygens (including phenoxy) is 1. The van der Waals surface area contributed by atoms with E-state index in [1.54, 1.807) is 0 Å². The van der Waals surface area contributed by atoms with Crippen LogP contribution < -0.4 is 0 Å². The lowest BCUT2D eigenvalue weighted by molar-refractivity contribution is -0.149. The number of nitrogens with zero attached hydrogens (tertiary/aromatic N) is 1. The van der Waals surface area contributed by atoms with Gasteiger partial charge in [-0.1, -0.05) is 5.18 Å². The summed E-state index contributed by atoms with van der Waals surface area (Å²) in [6.45, 7) is 0.820. The van der Waals surface area contributed by atoms with Gasteiger partial charge < -0.3 is 4.74 Å². The molecule has 1 aliphatic rings. The zero-order valence-electron chi connectivity index (χ0n) is 6.28. The molecule has 1 aliphatic heterocycles. The molecule has 0 aliphatic carbocycles. The molecular formula is C7H11NO3. The summed E-state index contributed by atoms with van der Waals surface area (Å²) in [5.74, 6) is 0.168. The molecule has 0 radical (unpaired) electrons. The fourth-order valence-corrected chi connectivity index (χ4v) is 1.22. The van der Waals surface area contributed by atoms with Gasteiger partial charge in [-0.05, 0) is 18.8 Å². The van der Waals surface area contributed by atoms with Gasteiger partial charge in [-0.25, -0.2) is 0 Å². The van der Waals surface area contributed by atoms with Crippen LogP contribution in [-0.4, -0.2) is 19.1 Å². The molecule has 0 spiro atoms. The molecule has 0 saturated carbocycles. The van der Waals surface area contributed by atoms with Crippen LogP contribution in [0.3, 0.4) is 0 Å². The minimum absolute atomic E-state index is 0.146. The van der Waals surface area contributed by atoms with Crippen LogP contribution in [0.2, 0.25) is 0 Å². The Labute approximate surface area is 64.9 Å². The maximum absolute atomic E-state index is 10.7. The van der Waals surface area contributed by atoms with Crippen LogP contribution >= 0.6 is 0 Å². The molecule has 1 unspecified atom stereocenters. The number of esters is 1. The first kappa shape index (κ1) is 8.17. The van der Waals surface area contributed by atoms with Crippen molar-refractivity contribution in [3.63, 3.8) is 0 Å². The molecule has 1 rings (SSSR count). The van der Waals surface area contributed by atoms with Crippen molar-refractivity contribution in [2.24, 2.45) is 11.1 Å². The summed E-state index contributed by atoms with van der Waals surface area (Å²) in [6.07, 6.45) is 2.05. The highest BCUT2D eigenvalue weighted by molar-refractivity contribution is 5.70. The number of carbonyl (C=O) groups is 1. The SMILES string of the molecule is O=NCCC1CCOC(=O)C1. The predicted octanol–water partition coefficient (Wildman–Crippen LogP) is 1.10. The van der Waals surface area contributed by atoms with Gasteiger partial charge in [-0.15, -0.1) is 0 Å². The summed E-state index contributed by atoms with van der Waals surface area (Å²) >= 11 is 0. The van der Waals surface area contributed by atoms with Gasteiger partial charge in [0.25, 0.3) is 0 Å². The summed E-state index contributed by atoms with van der Waals surface area (Å²) in [4.78, 5) is 20.5. The molecule has 0 aromatic rings. The lowest BCUT2D eigenvalue weighted by Crippen LogP contribution is -2.21. The van der Waals surface area contributed by atoms with Crippen LogP contribution in [0.4, 0.5) is 0 Å². The number of hydrogen-bond donors (Lipinski definition) is 0. The Morgan fingerprint density at radius 2 is 2.45 bits per heavy atom. The Hall–Kier alpha value is -0.930. The van der Waals surface area contributed by atoms with E-state index in [0.29, 0.717) is 25.5 Å². The van der Waals surface area contributed by atoms with Gasteiger partial charge in [0.15, 0.2) is 0 Å². The minimum Gasteiger partial charge on any atom is -0.466 e. The molecule has 0 N–H and O–H groups in total. The molecule has 1 atom stereocenters. The van der Waals surface area contributed by atoms with Crippen molar-refractivity contribution in [1.29, 1.82) is 0 Å². The molecule has 4 nitrogen and oxygen atoms in total. The molecule has 1 saturated heterocycles. The molecule has 0 bridgehead atoms. The molecule has 0 amide bonds. The third-order valence-electron chi connectivity index (χ3n) is 1.87. The second kappa shape index (κ2) is 4.05. The Morgan fingerprint density at radius 3 is 3.09 bits per heavy atom. The van der Waals surface area contributed by atoms with E-state index >= 15 is 0 Å². The van der Waals surface area contributed by atoms with Gasteiger partial charge >= 0.3 is 5.97 Å². The van der Waals surface area contributed by atoms with Crippen LogP contribution in [0.25, 0.3) is 0 Å². The normalized spacial score (nSPS) is 24.4. The first-order valence-electron chi connectivity index (χ1n) is 3.77. The van der Waals surface area contributed by atoms with E-state index in [2.05, 4.69) is 5.18 Å². The van der Waals surface area contributed by atoms with E-state index in [-0.39, 0.29) is 5.97 Å². The van der Waals surface area contributed by atoms with Crippen molar-refractivity contribution >= 4 is 5.97 Å². The number of carbonyl (C=O) groups excluding carboxylic acids is 1. The Bertz CT molecular complexity index is 158. The van der Waals surface area contributed by atoms with Crippen molar-refractivity contribution in [3.8, 4) is 0 Å². The fourth-order valence-electron chi connectivity index (χ4n) is 1.22. The maximum Gasteiger partial charge on any atom is 0.306 e. The molecule has 0 aromatic heterocycles. The van der Waals surface area contributed by atoms with Crippen LogP contribution in [0.15, 0.2) is 5.18 Å². The lowest BCUT2D eigenvalue weighted by atomic mass is 9.96. The van der Waals surface area contributed by atoms with Crippen LogP contribution in [0.5, 0.6) is 0 Å². The smallest absolute Gasteiger partial charge is 0.306 e. The van der Waals surface area contributed by atoms with Crippen LogP contribution in [0, 0.1) is 10.8 Å². The van der Waals surface area contributed by atoms with Crippen LogP contribution in [0.1, 0.15) is 19.3 Å². The Balaban J connectivity index is 2.22. The summed E-state index contributed by atoms with van der Waals surface area (Å²) in [5, 5.41) is 2.75. The molecule has 11 heavy (non-hydrogen) atoms. The lowest BCUT2D eigenvalue weighted by Gasteiger charge is -2.19. The monoisotopic (exact) mass is 157 g/mol. The molecule has 1 heterocycles. The Morgan fingerprint density at radius 1 is 1.64 bits per heavy atom. The second-order valence-corrected chi connectivity index (χ2v) is 2.72. The second-order valence-electron chi connectivity index (χ2n) is 2.72. The highest BCUT2D eigenvalue weighted by Crippen LogP contribution is 2.18. The van der Waals surface area contributed by atoms with E-state index in [1.807, 2.05) is 0 Å². The third-order valence-corrected chi connectivity index (χ3v) is 1.87. The third kappa shape index (κ3) is 2.65. The predicted molar refractivity (Wildman–Crippen MR) is 39.0 cm³/mol. The van der Waals surface area contributed by atoms with Gasteiger partial charge in [-0.3, -0.25) is 4.79 Å². The Kier molecular flexibility index (Phi) is 3.01. The van der Waals surface area contributed by atoms with E-state index in [4.69, 9.17) is 4.74 Å². The van der Waals surface area contributed by atoms with E-state index in [9.17, 15) is 9.70 Å². The largest absolute Gasteiger partial charge is 0.466 e. The highest BCUT2D eigenvalue weighted by Gasteiger charge is 2.19. The fraction of sp³-hybridized carbons (Fsp3) is 0.857. The van der Waals surface area contributed by atoms with Gasteiger partial charge in [0.05, 0.1) is 13.2 Å². The summed E-state index contributed by atoms with van der Waals surface area (Å²) < 4.78 is 4.74. The number of nitroso groups, excluding NO2 is 1. The first-order valence-corrected chi connectivity index (χ1v) is 3.77. The topological polar surface area (TPSA) is 55.7 Å². The number of hydrogen-bond acceptors (Lipinski definition) is 4. The van der Waals surface area contributed by atoms with E-state index in [1.165, 1.54) is 0 Å². The summed E-state index contributed by atoms with van der Waals surface area (Å²) in [6, 6.07) is 0. The van der Waals surface area contributed by atoms with Gasteiger partial charge in [0.1, 0.15) is 0 Å². The van der Waals surface area contributed by atoms with Crippen LogP contribution in [-0.2, 0) is 9.53 Å². The molecule has 62 valence electrons. The average Bonchev–Trinajstić information content (AvgIpc) is 2.01. The summed E-state index contributed by atoms with van der Waals surface area (Å²) in [5.41, 5.74) is 0. The van der Waals surface area contributed by atoms with Crippen molar-refractivity contribution < 1.29 is 9.53 Å². The molecule has 1 fully saturated rings. The maximum atomic E-state index is 10.7. The first-order chi connectivity index (χ1) is 5.33. The zero-order valence-corrected chi connectivity index (χ0v) is 6.28. The van der Waals surface area contributed by atoms with Gasteiger partial charge in [0.2, 0.25) is 0 Å². The average molecular weight is 157 g/mol. The van der Waals surface area contributed by atoms with Gasteiger partial charge in [-0.2, -0.15) is 4.91 Å². The van der Waals surface area contributed by atoms with Crippen molar-refractivity contribution in [2.45, 2.75) is 19.3 Å². The minimum atomic E-state index is -0.146. The van der Waals surface area contributed by atoms with Gasteiger partial charge in [0, 0.05) is 6.42 Å². The van der Waals surface area contributed by atoms with Crippen molar-refractivity contribution in [1.82, 2.24) is 0 Å². The summed E-state index contributed by atoms with van der Waals surface area (Å²) in [7, 11) is 0. The van der Waals surface area contributed by atoms with Crippen molar-refractivity contribution in [2.75, 3.05) is 13.2 Å².